The van der Waals surface area contributed by atoms with Gasteiger partial charge in [-0.15, -0.1) is 0 Å². The molecule has 1 N–H and O–H groups in total. The number of nitrogens with one attached hydrogen (secondary N) is 1. The van der Waals surface area contributed by atoms with Crippen molar-refractivity contribution in [1.29, 1.82) is 0 Å². The molecule has 9 aromatic carbocycles. The summed E-state index contributed by atoms with van der Waals surface area (Å²) in [5.74, 6) is 1.88. The molecule has 1 aliphatic heterocycles. The van der Waals surface area contributed by atoms with Crippen LogP contribution in [0.5, 0.6) is 0 Å². The second-order valence-corrected chi connectivity index (χ2v) is 15.8. The number of hydrogen-bond donors (Lipinski definition) is 1. The molecule has 0 aromatic heterocycles. The van der Waals surface area contributed by atoms with Gasteiger partial charge in [0, 0.05) is 17.1 Å². The predicted octanol–water partition coefficient (Wildman–Crippen LogP) is 14.0. The molecule has 0 saturated heterocycles. The summed E-state index contributed by atoms with van der Waals surface area (Å²) < 4.78 is 0. The lowest BCUT2D eigenvalue weighted by Crippen LogP contribution is -2.33. The van der Waals surface area contributed by atoms with E-state index < -0.39 is 0 Å². The first-order chi connectivity index (χ1) is 29.2. The van der Waals surface area contributed by atoms with Crippen LogP contribution in [0.25, 0.3) is 65.3 Å². The fourth-order valence-corrected chi connectivity index (χ4v) is 9.33. The fourth-order valence-electron chi connectivity index (χ4n) is 9.33. The molecule has 9 aromatic rings. The van der Waals surface area contributed by atoms with Crippen LogP contribution in [0.4, 0.5) is 0 Å². The molecule has 1 heterocycles. The van der Waals surface area contributed by atoms with E-state index in [2.05, 4.69) is 212 Å². The Balaban J connectivity index is 1.01. The zero-order valence-corrected chi connectivity index (χ0v) is 32.8. The maximum atomic E-state index is 5.31. The van der Waals surface area contributed by atoms with Crippen LogP contribution in [-0.2, 0) is 0 Å². The molecule has 280 valence electrons. The number of fused-ring (bicyclic) bond motifs is 7. The smallest absolute Gasteiger partial charge is 0.159 e. The first-order valence-electron chi connectivity index (χ1n) is 20.6. The maximum Gasteiger partial charge on any atom is 0.159 e. The van der Waals surface area contributed by atoms with Crippen molar-refractivity contribution >= 4 is 54.8 Å². The van der Waals surface area contributed by atoms with Gasteiger partial charge < -0.3 is 5.32 Å². The van der Waals surface area contributed by atoms with Gasteiger partial charge in [0.25, 0.3) is 0 Å². The van der Waals surface area contributed by atoms with Gasteiger partial charge in [0.15, 0.2) is 5.84 Å². The molecule has 0 saturated carbocycles. The van der Waals surface area contributed by atoms with Crippen molar-refractivity contribution in [2.45, 2.75) is 19.0 Å². The highest BCUT2D eigenvalue weighted by Crippen LogP contribution is 2.44. The molecule has 0 fully saturated rings. The zero-order chi connectivity index (χ0) is 39.3. The van der Waals surface area contributed by atoms with Crippen LogP contribution in [0.2, 0.25) is 0 Å². The van der Waals surface area contributed by atoms with E-state index in [9.17, 15) is 0 Å². The average Bonchev–Trinajstić information content (AvgIpc) is 3.31. The Morgan fingerprint density at radius 3 is 1.80 bits per heavy atom. The Kier molecular flexibility index (Phi) is 8.59. The highest BCUT2D eigenvalue weighted by atomic mass is 15.2. The molecule has 3 atom stereocenters. The van der Waals surface area contributed by atoms with Crippen LogP contribution in [-0.4, -0.2) is 11.7 Å². The summed E-state index contributed by atoms with van der Waals surface area (Å²) in [5, 5.41) is 13.9. The maximum absolute atomic E-state index is 5.31. The molecule has 0 bridgehead atoms. The minimum Gasteiger partial charge on any atom is -0.344 e. The van der Waals surface area contributed by atoms with Gasteiger partial charge in [0.2, 0.25) is 0 Å². The molecule has 3 nitrogen and oxygen atoms in total. The van der Waals surface area contributed by atoms with Crippen molar-refractivity contribution in [2.75, 3.05) is 0 Å². The predicted molar refractivity (Wildman–Crippen MR) is 249 cm³/mol. The SMILES string of the molecule is CC1C=C(C2=NC(c3cccc(-c4ccccc4)c3)NC(c3ccccc3)=N2)C=CC1c1c(-c2ccc3c4ccccc4c4ccccc4c3c2)ccc2ccccc12. The van der Waals surface area contributed by atoms with Gasteiger partial charge >= 0.3 is 0 Å². The van der Waals surface area contributed by atoms with E-state index in [-0.39, 0.29) is 18.0 Å². The van der Waals surface area contributed by atoms with Gasteiger partial charge in [-0.3, -0.25) is 0 Å². The monoisotopic (exact) mass is 755 g/mol. The Bertz CT molecular complexity index is 3170. The third-order valence-corrected chi connectivity index (χ3v) is 12.2. The lowest BCUT2D eigenvalue weighted by molar-refractivity contribution is 0.635. The van der Waals surface area contributed by atoms with Crippen LogP contribution in [0.3, 0.4) is 0 Å². The third kappa shape index (κ3) is 6.23. The Hall–Kier alpha value is -7.36. The van der Waals surface area contributed by atoms with E-state index in [0.717, 1.165) is 33.9 Å². The quantitative estimate of drug-likeness (QED) is 0.169. The second-order valence-electron chi connectivity index (χ2n) is 15.8. The summed E-state index contributed by atoms with van der Waals surface area (Å²) >= 11 is 0. The van der Waals surface area contributed by atoms with Gasteiger partial charge in [-0.1, -0.05) is 201 Å². The van der Waals surface area contributed by atoms with E-state index in [0.29, 0.717) is 0 Å². The summed E-state index contributed by atoms with van der Waals surface area (Å²) in [6, 6.07) is 67.8. The van der Waals surface area contributed by atoms with E-state index in [4.69, 9.17) is 9.98 Å². The molecule has 3 unspecified atom stereocenters. The van der Waals surface area contributed by atoms with Gasteiger partial charge in [-0.05, 0) is 94.5 Å². The number of aliphatic imine (C=N–C) groups is 2. The summed E-state index contributed by atoms with van der Waals surface area (Å²) in [7, 11) is 0. The number of benzene rings is 9. The first-order valence-corrected chi connectivity index (χ1v) is 20.6. The molecule has 3 heteroatoms. The third-order valence-electron chi connectivity index (χ3n) is 12.2. The van der Waals surface area contributed by atoms with E-state index >= 15 is 0 Å². The Morgan fingerprint density at radius 2 is 1.08 bits per heavy atom. The van der Waals surface area contributed by atoms with Gasteiger partial charge in [-0.2, -0.15) is 0 Å². The highest BCUT2D eigenvalue weighted by molar-refractivity contribution is 6.26. The van der Waals surface area contributed by atoms with Crippen molar-refractivity contribution < 1.29 is 0 Å². The number of nitrogens with zero attached hydrogens (tertiary/aromatic N) is 2. The zero-order valence-electron chi connectivity index (χ0n) is 32.8. The summed E-state index contributed by atoms with van der Waals surface area (Å²) in [6.45, 7) is 2.34. The molecule has 0 radical (unpaired) electrons. The van der Waals surface area contributed by atoms with E-state index in [1.807, 2.05) is 6.07 Å². The van der Waals surface area contributed by atoms with Crippen LogP contribution >= 0.6 is 0 Å². The minimum atomic E-state index is -0.297. The normalized spacial score (nSPS) is 17.8. The lowest BCUT2D eigenvalue weighted by Gasteiger charge is -2.29. The molecule has 2 aliphatic rings. The number of allylic oxidation sites excluding steroid dienone is 2. The number of amidine groups is 2. The van der Waals surface area contributed by atoms with E-state index in [1.165, 1.54) is 65.3 Å². The molecular weight excluding hydrogens is 715 g/mol. The minimum absolute atomic E-state index is 0.141. The summed E-state index contributed by atoms with van der Waals surface area (Å²) in [6.07, 6.45) is 6.73. The summed E-state index contributed by atoms with van der Waals surface area (Å²) in [5.41, 5.74) is 9.36. The van der Waals surface area contributed by atoms with E-state index in [1.54, 1.807) is 0 Å². The van der Waals surface area contributed by atoms with Gasteiger partial charge in [0.05, 0.1) is 0 Å². The first kappa shape index (κ1) is 34.9. The van der Waals surface area contributed by atoms with Crippen molar-refractivity contribution in [3.05, 3.63) is 229 Å². The molecule has 0 spiro atoms. The van der Waals surface area contributed by atoms with Crippen molar-refractivity contribution in [1.82, 2.24) is 5.32 Å². The van der Waals surface area contributed by atoms with Crippen LogP contribution < -0.4 is 5.32 Å². The van der Waals surface area contributed by atoms with Crippen molar-refractivity contribution in [2.24, 2.45) is 15.9 Å². The van der Waals surface area contributed by atoms with Crippen molar-refractivity contribution in [3.8, 4) is 22.3 Å². The van der Waals surface area contributed by atoms with Crippen LogP contribution in [0.15, 0.2) is 222 Å². The molecule has 1 aliphatic carbocycles. The Labute approximate surface area is 344 Å². The molecule has 0 amide bonds. The summed E-state index contributed by atoms with van der Waals surface area (Å²) in [4.78, 5) is 10.5. The topological polar surface area (TPSA) is 36.8 Å². The second kappa shape index (κ2) is 14.5. The number of hydrogen-bond acceptors (Lipinski definition) is 3. The lowest BCUT2D eigenvalue weighted by atomic mass is 9.77. The highest BCUT2D eigenvalue weighted by Gasteiger charge is 2.28. The molecule has 11 rings (SSSR count). The average molecular weight is 756 g/mol. The molecular formula is C56H41N3. The van der Waals surface area contributed by atoms with Crippen LogP contribution in [0.1, 0.15) is 35.7 Å². The van der Waals surface area contributed by atoms with Gasteiger partial charge in [0.1, 0.15) is 12.0 Å². The molecule has 59 heavy (non-hydrogen) atoms. The van der Waals surface area contributed by atoms with Crippen molar-refractivity contribution in [3.63, 3.8) is 0 Å². The van der Waals surface area contributed by atoms with Crippen LogP contribution in [0, 0.1) is 5.92 Å². The standard InChI is InChI=1S/C56H41N3/c1-36-33-43(56-58-54(39-18-6-3-7-19-39)57-55(59-56)42-21-14-20-40(34-42)37-15-4-2-5-16-37)29-30-44(36)53-45-22-9-8-17-38(45)27-31-46(53)41-28-32-51-49-25-11-10-23-47(49)48-24-12-13-26-50(48)52(51)35-41/h2-36,44,55H,1H3,(H,57,58,59). The van der Waals surface area contributed by atoms with Gasteiger partial charge in [-0.25, -0.2) is 9.98 Å². The fraction of sp³-hybridized carbons (Fsp3) is 0.0714. The number of rotatable bonds is 6. The largest absolute Gasteiger partial charge is 0.344 e. The Morgan fingerprint density at radius 1 is 0.475 bits per heavy atom.